The fourth-order valence-electron chi connectivity index (χ4n) is 3.49. The second-order valence-corrected chi connectivity index (χ2v) is 7.88. The Bertz CT molecular complexity index is 1410. The number of aromatic nitrogens is 1. The quantitative estimate of drug-likeness (QED) is 0.369. The van der Waals surface area contributed by atoms with Crippen LogP contribution in [-0.2, 0) is 6.18 Å². The Labute approximate surface area is 193 Å². The van der Waals surface area contributed by atoms with Crippen molar-refractivity contribution in [3.63, 3.8) is 0 Å². The molecule has 4 rings (SSSR count). The van der Waals surface area contributed by atoms with E-state index in [0.29, 0.717) is 11.3 Å². The first-order chi connectivity index (χ1) is 16.1. The van der Waals surface area contributed by atoms with E-state index in [-0.39, 0.29) is 17.2 Å². The zero-order valence-corrected chi connectivity index (χ0v) is 18.3. The van der Waals surface area contributed by atoms with Crippen LogP contribution in [-0.4, -0.2) is 16.8 Å². The van der Waals surface area contributed by atoms with Gasteiger partial charge in [-0.15, -0.1) is 0 Å². The number of hydrogen-bond donors (Lipinski definition) is 2. The molecule has 0 radical (unpaired) electrons. The standard InChI is InChI=1S/C26H20F3N3O2/c1-15-10-11-30-22-9-8-17(12-21(15)22)25(34)32-23-13-18(7-6-16(23)2)24(33)31-20-5-3-4-19(14-20)26(27,28)29/h3-14H,1-2H3,(H,31,33)(H,32,34). The first-order valence-corrected chi connectivity index (χ1v) is 10.4. The molecule has 34 heavy (non-hydrogen) atoms. The number of hydrogen-bond acceptors (Lipinski definition) is 3. The fraction of sp³-hybridized carbons (Fsp3) is 0.115. The van der Waals surface area contributed by atoms with Gasteiger partial charge >= 0.3 is 6.18 Å². The number of nitrogens with one attached hydrogen (secondary N) is 2. The summed E-state index contributed by atoms with van der Waals surface area (Å²) in [6.45, 7) is 3.71. The molecule has 2 N–H and O–H groups in total. The van der Waals surface area contributed by atoms with Gasteiger partial charge in [-0.3, -0.25) is 14.6 Å². The molecule has 0 spiro atoms. The van der Waals surface area contributed by atoms with Gasteiger partial charge in [0.05, 0.1) is 11.1 Å². The molecule has 0 saturated carbocycles. The first kappa shape index (κ1) is 23.0. The van der Waals surface area contributed by atoms with Gasteiger partial charge in [0.1, 0.15) is 0 Å². The van der Waals surface area contributed by atoms with E-state index in [1.807, 2.05) is 13.0 Å². The zero-order chi connectivity index (χ0) is 24.5. The predicted octanol–water partition coefficient (Wildman–Crippen LogP) is 6.38. The van der Waals surface area contributed by atoms with Gasteiger partial charge in [-0.25, -0.2) is 0 Å². The number of aryl methyl sites for hydroxylation is 2. The van der Waals surface area contributed by atoms with E-state index in [9.17, 15) is 22.8 Å². The minimum atomic E-state index is -4.51. The Morgan fingerprint density at radius 2 is 1.50 bits per heavy atom. The SMILES string of the molecule is Cc1ccc(C(=O)Nc2cccc(C(F)(F)F)c2)cc1NC(=O)c1ccc2nccc(C)c2c1. The third-order valence-electron chi connectivity index (χ3n) is 5.42. The summed E-state index contributed by atoms with van der Waals surface area (Å²) in [7, 11) is 0. The largest absolute Gasteiger partial charge is 0.416 e. The molecular formula is C26H20F3N3O2. The van der Waals surface area contributed by atoms with E-state index in [4.69, 9.17) is 0 Å². The summed E-state index contributed by atoms with van der Waals surface area (Å²) in [5.41, 5.74) is 2.70. The van der Waals surface area contributed by atoms with E-state index in [0.717, 1.165) is 34.2 Å². The van der Waals surface area contributed by atoms with Crippen molar-refractivity contribution in [2.24, 2.45) is 0 Å². The molecule has 172 valence electrons. The molecule has 0 unspecified atom stereocenters. The lowest BCUT2D eigenvalue weighted by Crippen LogP contribution is -2.16. The zero-order valence-electron chi connectivity index (χ0n) is 18.3. The van der Waals surface area contributed by atoms with Gasteiger partial charge in [0.25, 0.3) is 11.8 Å². The van der Waals surface area contributed by atoms with Crippen LogP contribution in [0.15, 0.2) is 72.9 Å². The van der Waals surface area contributed by atoms with Crippen LogP contribution in [0.1, 0.15) is 37.4 Å². The lowest BCUT2D eigenvalue weighted by atomic mass is 10.1. The highest BCUT2D eigenvalue weighted by Crippen LogP contribution is 2.31. The molecule has 0 aliphatic rings. The van der Waals surface area contributed by atoms with Gasteiger partial charge in [-0.1, -0.05) is 12.1 Å². The average Bonchev–Trinajstić information content (AvgIpc) is 2.80. The van der Waals surface area contributed by atoms with Crippen LogP contribution >= 0.6 is 0 Å². The van der Waals surface area contributed by atoms with Gasteiger partial charge in [-0.05, 0) is 79.6 Å². The summed E-state index contributed by atoms with van der Waals surface area (Å²) in [5, 5.41) is 6.14. The van der Waals surface area contributed by atoms with Crippen molar-refractivity contribution in [1.29, 1.82) is 0 Å². The molecule has 0 aliphatic carbocycles. The molecule has 5 nitrogen and oxygen atoms in total. The number of anilines is 2. The molecule has 0 atom stereocenters. The number of pyridine rings is 1. The molecule has 8 heteroatoms. The molecule has 1 heterocycles. The number of nitrogens with zero attached hydrogens (tertiary/aromatic N) is 1. The van der Waals surface area contributed by atoms with Crippen LogP contribution in [0.3, 0.4) is 0 Å². The number of carbonyl (C=O) groups excluding carboxylic acids is 2. The van der Waals surface area contributed by atoms with E-state index in [2.05, 4.69) is 15.6 Å². The van der Waals surface area contributed by atoms with Crippen molar-refractivity contribution in [3.8, 4) is 0 Å². The number of halogens is 3. The van der Waals surface area contributed by atoms with Crippen molar-refractivity contribution < 1.29 is 22.8 Å². The molecule has 0 fully saturated rings. The number of carbonyl (C=O) groups is 2. The highest BCUT2D eigenvalue weighted by atomic mass is 19.4. The Hall–Kier alpha value is -4.20. The summed E-state index contributed by atoms with van der Waals surface area (Å²) in [5.74, 6) is -0.953. The molecule has 1 aromatic heterocycles. The van der Waals surface area contributed by atoms with Crippen LogP contribution in [0.25, 0.3) is 10.9 Å². The van der Waals surface area contributed by atoms with Crippen LogP contribution in [0.2, 0.25) is 0 Å². The fourth-order valence-corrected chi connectivity index (χ4v) is 3.49. The molecule has 0 bridgehead atoms. The number of rotatable bonds is 4. The van der Waals surface area contributed by atoms with Gasteiger partial charge in [-0.2, -0.15) is 13.2 Å². The Kier molecular flexibility index (Phi) is 6.06. The number of fused-ring (bicyclic) bond motifs is 1. The van der Waals surface area contributed by atoms with Crippen molar-refractivity contribution >= 4 is 34.1 Å². The predicted molar refractivity (Wildman–Crippen MR) is 125 cm³/mol. The van der Waals surface area contributed by atoms with Gasteiger partial charge in [0.2, 0.25) is 0 Å². The lowest BCUT2D eigenvalue weighted by Gasteiger charge is -2.13. The van der Waals surface area contributed by atoms with Gasteiger partial charge < -0.3 is 10.6 Å². The van der Waals surface area contributed by atoms with Gasteiger partial charge in [0.15, 0.2) is 0 Å². The molecule has 0 aliphatic heterocycles. The highest BCUT2D eigenvalue weighted by Gasteiger charge is 2.30. The smallest absolute Gasteiger partial charge is 0.322 e. The molecule has 4 aromatic rings. The maximum absolute atomic E-state index is 12.9. The monoisotopic (exact) mass is 463 g/mol. The first-order valence-electron chi connectivity index (χ1n) is 10.4. The minimum absolute atomic E-state index is 0.0196. The van der Waals surface area contributed by atoms with Crippen LogP contribution < -0.4 is 10.6 Å². The summed E-state index contributed by atoms with van der Waals surface area (Å²) in [6.07, 6.45) is -2.81. The molecule has 2 amide bonds. The van der Waals surface area contributed by atoms with Gasteiger partial charge in [0, 0.05) is 34.1 Å². The van der Waals surface area contributed by atoms with E-state index >= 15 is 0 Å². The summed E-state index contributed by atoms with van der Waals surface area (Å²) < 4.78 is 38.8. The number of amides is 2. The average molecular weight is 463 g/mol. The van der Waals surface area contributed by atoms with Crippen LogP contribution in [0.4, 0.5) is 24.5 Å². The van der Waals surface area contributed by atoms with Crippen molar-refractivity contribution in [2.45, 2.75) is 20.0 Å². The normalized spacial score (nSPS) is 11.3. The summed E-state index contributed by atoms with van der Waals surface area (Å²) in [4.78, 5) is 29.8. The van der Waals surface area contributed by atoms with Crippen LogP contribution in [0, 0.1) is 13.8 Å². The van der Waals surface area contributed by atoms with Crippen molar-refractivity contribution in [1.82, 2.24) is 4.98 Å². The second-order valence-electron chi connectivity index (χ2n) is 7.88. The Balaban J connectivity index is 1.55. The maximum atomic E-state index is 12.9. The summed E-state index contributed by atoms with van der Waals surface area (Å²) in [6, 6.07) is 16.1. The molecule has 0 saturated heterocycles. The topological polar surface area (TPSA) is 71.1 Å². The van der Waals surface area contributed by atoms with Crippen molar-refractivity contribution in [2.75, 3.05) is 10.6 Å². The van der Waals surface area contributed by atoms with E-state index in [1.54, 1.807) is 43.5 Å². The van der Waals surface area contributed by atoms with E-state index < -0.39 is 17.6 Å². The van der Waals surface area contributed by atoms with Crippen LogP contribution in [0.5, 0.6) is 0 Å². The minimum Gasteiger partial charge on any atom is -0.322 e. The third-order valence-corrected chi connectivity index (χ3v) is 5.42. The highest BCUT2D eigenvalue weighted by molar-refractivity contribution is 6.09. The number of benzene rings is 3. The van der Waals surface area contributed by atoms with E-state index in [1.165, 1.54) is 18.2 Å². The molecule has 3 aromatic carbocycles. The van der Waals surface area contributed by atoms with Crippen molar-refractivity contribution in [3.05, 3.63) is 101 Å². The number of alkyl halides is 3. The maximum Gasteiger partial charge on any atom is 0.416 e. The third kappa shape index (κ3) is 4.91. The Morgan fingerprint density at radius 3 is 2.26 bits per heavy atom. The summed E-state index contributed by atoms with van der Waals surface area (Å²) >= 11 is 0. The molecular weight excluding hydrogens is 443 g/mol. The lowest BCUT2D eigenvalue weighted by molar-refractivity contribution is -0.137. The Morgan fingerprint density at radius 1 is 0.794 bits per heavy atom. The second kappa shape index (κ2) is 8.97.